The highest BCUT2D eigenvalue weighted by Gasteiger charge is 2.36. The maximum absolute atomic E-state index is 9.48. The maximum Gasteiger partial charge on any atom is 0.137 e. The van der Waals surface area contributed by atoms with E-state index < -0.39 is 0 Å². The van der Waals surface area contributed by atoms with Crippen LogP contribution in [0.25, 0.3) is 132 Å². The highest BCUT2D eigenvalue weighted by Crippen LogP contribution is 2.50. The molecule has 0 amide bonds. The summed E-state index contributed by atoms with van der Waals surface area (Å²) in [4.78, 5) is 2.50. The minimum atomic E-state index is 0.155. The van der Waals surface area contributed by atoms with E-state index in [9.17, 15) is 10.5 Å². The number of nitriles is 2. The summed E-state index contributed by atoms with van der Waals surface area (Å²) in [7, 11) is 0. The molecule has 376 valence electrons. The maximum atomic E-state index is 9.48. The third-order valence-electron chi connectivity index (χ3n) is 17.2. The smallest absolute Gasteiger partial charge is 0.137 e. The van der Waals surface area contributed by atoms with Crippen LogP contribution in [0.3, 0.4) is 0 Å². The van der Waals surface area contributed by atoms with Crippen LogP contribution in [0.5, 0.6) is 0 Å². The lowest BCUT2D eigenvalue weighted by Crippen LogP contribution is -2.26. The number of benzene rings is 11. The third-order valence-corrected chi connectivity index (χ3v) is 17.2. The Morgan fingerprint density at radius 3 is 1.30 bits per heavy atom. The van der Waals surface area contributed by atoms with Crippen LogP contribution in [0.4, 0.5) is 11.4 Å². The minimum Gasteiger partial charge on any atom is -0.456 e. The van der Waals surface area contributed by atoms with Gasteiger partial charge in [-0.2, -0.15) is 10.5 Å². The quantitative estimate of drug-likeness (QED) is 0.166. The Labute approximate surface area is 464 Å². The van der Waals surface area contributed by atoms with Crippen LogP contribution in [0.1, 0.15) is 23.1 Å². The zero-order valence-electron chi connectivity index (χ0n) is 43.5. The zero-order valence-corrected chi connectivity index (χ0v) is 43.5. The van der Waals surface area contributed by atoms with E-state index >= 15 is 0 Å². The van der Waals surface area contributed by atoms with Gasteiger partial charge in [-0.25, -0.2) is 0 Å². The number of hydrogen-bond acceptors (Lipinski definition) is 4. The van der Waals surface area contributed by atoms with Crippen LogP contribution in [0.2, 0.25) is 0 Å². The molecule has 0 bridgehead atoms. The molecule has 1 atom stereocenters. The standard InChI is InChI=1S/C74H44N6O/c75-43-45-17-25-51(26-18-45)77-65-13-5-1-9-55(65)61-37-47(21-33-69(61)77)49-23-35-71-63(39-49)57-11-3-7-15-67(57)79(71)53-29-31-59-60-32-30-54(42-74(60)81-73(59)41-53)80-68-16-8-4-12-58(68)64-40-50(24-36-72(64)80)48-22-34-70-62(38-48)56-10-2-6-14-66(56)78(70)52-27-19-46(44-76)20-28-52/h1-15,17-42,68H,16H2. The molecular weight excluding hydrogens is 989 g/mol. The van der Waals surface area contributed by atoms with E-state index in [1.165, 1.54) is 60.3 Å². The van der Waals surface area contributed by atoms with Crippen molar-refractivity contribution in [2.24, 2.45) is 0 Å². The molecule has 5 heterocycles. The van der Waals surface area contributed by atoms with Gasteiger partial charge in [-0.05, 0) is 174 Å². The monoisotopic (exact) mass is 1030 g/mol. The Morgan fingerprint density at radius 1 is 0.370 bits per heavy atom. The van der Waals surface area contributed by atoms with Crippen molar-refractivity contribution < 1.29 is 4.42 Å². The fraction of sp³-hybridized carbons (Fsp3) is 0.0270. The summed E-state index contributed by atoms with van der Waals surface area (Å²) in [5, 5.41) is 28.3. The van der Waals surface area contributed by atoms with Crippen molar-refractivity contribution >= 4 is 104 Å². The van der Waals surface area contributed by atoms with Gasteiger partial charge >= 0.3 is 0 Å². The third kappa shape index (κ3) is 6.67. The highest BCUT2D eigenvalue weighted by molar-refractivity contribution is 6.14. The van der Waals surface area contributed by atoms with Gasteiger partial charge in [-0.1, -0.05) is 97.1 Å². The van der Waals surface area contributed by atoms with Gasteiger partial charge in [0.15, 0.2) is 0 Å². The summed E-state index contributed by atoms with van der Waals surface area (Å²) in [6.07, 6.45) is 7.68. The molecule has 0 spiro atoms. The molecule has 4 aromatic heterocycles. The molecule has 11 aromatic carbocycles. The molecule has 1 unspecified atom stereocenters. The van der Waals surface area contributed by atoms with E-state index in [0.717, 1.165) is 95.3 Å². The van der Waals surface area contributed by atoms with Gasteiger partial charge in [0.1, 0.15) is 11.2 Å². The van der Waals surface area contributed by atoms with Crippen LogP contribution in [-0.2, 0) is 0 Å². The van der Waals surface area contributed by atoms with Crippen LogP contribution >= 0.6 is 0 Å². The second-order valence-corrected chi connectivity index (χ2v) is 21.4. The summed E-state index contributed by atoms with van der Waals surface area (Å²) < 4.78 is 13.9. The van der Waals surface area contributed by atoms with E-state index in [1.807, 2.05) is 48.5 Å². The van der Waals surface area contributed by atoms with Gasteiger partial charge < -0.3 is 23.0 Å². The SMILES string of the molecule is N#Cc1ccc(-n2c3ccccc3c3cc(-c4ccc5c(c4)C4=CC=CCC4N5c4ccc5c(c4)oc4cc(-n6c7ccccc7c7cc(-c8ccc9c(c8)c8ccccc8n9-c8ccc(C#N)cc8)ccc76)ccc45)ccc32)cc1. The molecule has 81 heavy (non-hydrogen) atoms. The molecule has 2 aliphatic rings. The van der Waals surface area contributed by atoms with Gasteiger partial charge in [0, 0.05) is 89.2 Å². The summed E-state index contributed by atoms with van der Waals surface area (Å²) in [6, 6.07) is 86.9. The molecule has 1 aliphatic carbocycles. The van der Waals surface area contributed by atoms with E-state index in [1.54, 1.807) is 0 Å². The van der Waals surface area contributed by atoms with Crippen molar-refractivity contribution in [3.63, 3.8) is 0 Å². The Bertz CT molecular complexity index is 5360. The molecule has 0 saturated heterocycles. The average molecular weight is 1030 g/mol. The predicted octanol–water partition coefficient (Wildman–Crippen LogP) is 18.8. The molecule has 7 heteroatoms. The molecule has 15 aromatic rings. The molecule has 1 aliphatic heterocycles. The van der Waals surface area contributed by atoms with Crippen molar-refractivity contribution in [1.29, 1.82) is 10.5 Å². The van der Waals surface area contributed by atoms with Crippen molar-refractivity contribution in [2.45, 2.75) is 12.5 Å². The number of allylic oxidation sites excluding steroid dienone is 2. The Kier molecular flexibility index (Phi) is 9.54. The molecule has 0 N–H and O–H groups in total. The van der Waals surface area contributed by atoms with Crippen molar-refractivity contribution in [3.8, 4) is 51.5 Å². The Balaban J connectivity index is 0.719. The Morgan fingerprint density at radius 2 is 0.790 bits per heavy atom. The lowest BCUT2D eigenvalue weighted by atomic mass is 9.93. The summed E-state index contributed by atoms with van der Waals surface area (Å²) in [5.41, 5.74) is 22.4. The number of para-hydroxylation sites is 3. The van der Waals surface area contributed by atoms with Gasteiger partial charge in [0.25, 0.3) is 0 Å². The van der Waals surface area contributed by atoms with Crippen LogP contribution < -0.4 is 4.90 Å². The van der Waals surface area contributed by atoms with E-state index in [0.29, 0.717) is 11.1 Å². The first-order chi connectivity index (χ1) is 40.0. The molecule has 0 fully saturated rings. The first kappa shape index (κ1) is 45.0. The van der Waals surface area contributed by atoms with Crippen LogP contribution in [-0.4, -0.2) is 19.7 Å². The van der Waals surface area contributed by atoms with E-state index in [4.69, 9.17) is 4.42 Å². The van der Waals surface area contributed by atoms with Crippen molar-refractivity contribution in [2.75, 3.05) is 4.90 Å². The second kappa shape index (κ2) is 17.2. The molecule has 0 saturated carbocycles. The lowest BCUT2D eigenvalue weighted by Gasteiger charge is -2.28. The predicted molar refractivity (Wildman–Crippen MR) is 331 cm³/mol. The average Bonchev–Trinajstić information content (AvgIpc) is 4.52. The van der Waals surface area contributed by atoms with Crippen LogP contribution in [0, 0.1) is 22.7 Å². The Hall–Kier alpha value is -11.1. The number of nitrogens with zero attached hydrogens (tertiary/aromatic N) is 6. The normalized spacial score (nSPS) is 14.0. The number of hydrogen-bond donors (Lipinski definition) is 0. The number of aromatic nitrogens is 3. The zero-order chi connectivity index (χ0) is 53.4. The van der Waals surface area contributed by atoms with Gasteiger partial charge in [-0.3, -0.25) is 0 Å². The van der Waals surface area contributed by atoms with Crippen LogP contribution in [0.15, 0.2) is 253 Å². The van der Waals surface area contributed by atoms with Gasteiger partial charge in [0.05, 0.1) is 62.4 Å². The second-order valence-electron chi connectivity index (χ2n) is 21.4. The number of furan rings is 1. The largest absolute Gasteiger partial charge is 0.456 e. The molecule has 0 radical (unpaired) electrons. The number of anilines is 2. The topological polar surface area (TPSA) is 78.8 Å². The molecular formula is C74H44N6O. The summed E-state index contributed by atoms with van der Waals surface area (Å²) in [6.45, 7) is 0. The van der Waals surface area contributed by atoms with E-state index in [2.05, 4.69) is 231 Å². The molecule has 7 nitrogen and oxygen atoms in total. The number of fused-ring (bicyclic) bond motifs is 15. The van der Waals surface area contributed by atoms with Gasteiger partial charge in [0.2, 0.25) is 0 Å². The fourth-order valence-electron chi connectivity index (χ4n) is 13.5. The first-order valence-electron chi connectivity index (χ1n) is 27.4. The first-order valence-corrected chi connectivity index (χ1v) is 27.4. The molecule has 17 rings (SSSR count). The van der Waals surface area contributed by atoms with Crippen molar-refractivity contribution in [1.82, 2.24) is 13.7 Å². The highest BCUT2D eigenvalue weighted by atomic mass is 16.3. The summed E-state index contributed by atoms with van der Waals surface area (Å²) in [5.74, 6) is 0. The minimum absolute atomic E-state index is 0.155. The van der Waals surface area contributed by atoms with E-state index in [-0.39, 0.29) is 6.04 Å². The number of rotatable bonds is 6. The van der Waals surface area contributed by atoms with Crippen molar-refractivity contribution in [3.05, 3.63) is 265 Å². The lowest BCUT2D eigenvalue weighted by molar-refractivity contribution is 0.668. The summed E-state index contributed by atoms with van der Waals surface area (Å²) >= 11 is 0. The fourth-order valence-corrected chi connectivity index (χ4v) is 13.5. The van der Waals surface area contributed by atoms with Gasteiger partial charge in [-0.15, -0.1) is 0 Å².